The number of hydrogen-bond donors (Lipinski definition) is 0. The van der Waals surface area contributed by atoms with Gasteiger partial charge in [-0.3, -0.25) is 4.98 Å². The van der Waals surface area contributed by atoms with Crippen molar-refractivity contribution in [3.63, 3.8) is 0 Å². The molecule has 0 radical (unpaired) electrons. The summed E-state index contributed by atoms with van der Waals surface area (Å²) in [6.45, 7) is 0. The Kier molecular flexibility index (Phi) is 7.34. The minimum atomic E-state index is 0.689. The summed E-state index contributed by atoms with van der Waals surface area (Å²) in [6, 6.07) is 58.0. The van der Waals surface area contributed by atoms with E-state index in [0.29, 0.717) is 5.82 Å². The average molecular weight is 644 g/mol. The van der Waals surface area contributed by atoms with Crippen LogP contribution in [-0.2, 0) is 0 Å². The first-order valence-corrected chi connectivity index (χ1v) is 17.1. The minimum absolute atomic E-state index is 0.689. The predicted molar refractivity (Wildman–Crippen MR) is 205 cm³/mol. The van der Waals surface area contributed by atoms with Gasteiger partial charge in [-0.25, -0.2) is 9.97 Å². The lowest BCUT2D eigenvalue weighted by Gasteiger charge is -2.14. The Bertz CT molecular complexity index is 2540. The fraction of sp³-hybridized carbons (Fsp3) is 0. The van der Waals surface area contributed by atoms with E-state index in [9.17, 15) is 0 Å². The third-order valence-corrected chi connectivity index (χ3v) is 10.1. The summed E-state index contributed by atoms with van der Waals surface area (Å²) in [6.07, 6.45) is 3.62. The molecule has 4 heteroatoms. The Morgan fingerprint density at radius 1 is 0.327 bits per heavy atom. The monoisotopic (exact) mass is 643 g/mol. The molecule has 0 N–H and O–H groups in total. The lowest BCUT2D eigenvalue weighted by atomic mass is 9.92. The number of aromatic nitrogens is 3. The molecule has 0 saturated carbocycles. The Hall–Kier alpha value is -6.23. The third kappa shape index (κ3) is 5.69. The maximum absolute atomic E-state index is 5.19. The molecule has 0 amide bonds. The highest BCUT2D eigenvalue weighted by Gasteiger charge is 2.15. The molecule has 0 saturated heterocycles. The van der Waals surface area contributed by atoms with Gasteiger partial charge in [0.05, 0.1) is 11.4 Å². The number of benzene rings is 6. The quantitative estimate of drug-likeness (QED) is 0.181. The summed E-state index contributed by atoms with van der Waals surface area (Å²) in [5.41, 5.74) is 11.7. The van der Waals surface area contributed by atoms with Crippen LogP contribution < -0.4 is 0 Å². The van der Waals surface area contributed by atoms with E-state index in [4.69, 9.17) is 9.97 Å². The first-order chi connectivity index (χ1) is 24.2. The van der Waals surface area contributed by atoms with Crippen LogP contribution in [0, 0.1) is 0 Å². The molecule has 3 heterocycles. The predicted octanol–water partition coefficient (Wildman–Crippen LogP) is 12.2. The molecule has 3 nitrogen and oxygen atoms in total. The lowest BCUT2D eigenvalue weighted by Crippen LogP contribution is -1.96. The van der Waals surface area contributed by atoms with Gasteiger partial charge in [-0.15, -0.1) is 11.3 Å². The zero-order chi connectivity index (χ0) is 32.6. The molecule has 230 valence electrons. The molecule has 0 aliphatic heterocycles. The lowest BCUT2D eigenvalue weighted by molar-refractivity contribution is 1.18. The second kappa shape index (κ2) is 12.4. The third-order valence-electron chi connectivity index (χ3n) is 8.98. The molecule has 0 unspecified atom stereocenters. The van der Waals surface area contributed by atoms with Gasteiger partial charge in [-0.1, -0.05) is 103 Å². The van der Waals surface area contributed by atoms with Crippen molar-refractivity contribution in [1.82, 2.24) is 15.0 Å². The van der Waals surface area contributed by atoms with Crippen LogP contribution in [-0.4, -0.2) is 15.0 Å². The molecule has 0 bridgehead atoms. The summed E-state index contributed by atoms with van der Waals surface area (Å²) in [4.78, 5) is 14.5. The Labute approximate surface area is 288 Å². The highest BCUT2D eigenvalue weighted by atomic mass is 32.1. The average Bonchev–Trinajstić information content (AvgIpc) is 3.57. The van der Waals surface area contributed by atoms with Crippen LogP contribution in [0.1, 0.15) is 0 Å². The molecule has 0 aliphatic carbocycles. The summed E-state index contributed by atoms with van der Waals surface area (Å²) in [5.74, 6) is 0.689. The SMILES string of the molecule is c1ccc(-c2cccc(-c3cc(-c4ccc5sc6ccccc6c5c4)cc(-c4cc(-c5ccncc5)nc(-c5ccccc5)n4)c3)c2)cc1. The highest BCUT2D eigenvalue weighted by Crippen LogP contribution is 2.39. The standard InChI is InChI=1S/C45H29N3S/c1-3-10-30(11-4-1)33-14-9-15-34(24-33)36-25-37(35-18-19-44-40(28-35)39-16-7-8-17-43(39)49-44)27-38(26-36)42-29-41(31-20-22-46-23-21-31)47-45(48-42)32-12-5-2-6-13-32/h1-29H. The van der Waals surface area contributed by atoms with Gasteiger partial charge in [0, 0.05) is 49.3 Å². The maximum Gasteiger partial charge on any atom is 0.160 e. The van der Waals surface area contributed by atoms with Gasteiger partial charge in [0.2, 0.25) is 0 Å². The number of fused-ring (bicyclic) bond motifs is 3. The van der Waals surface area contributed by atoms with Crippen LogP contribution in [0.15, 0.2) is 176 Å². The van der Waals surface area contributed by atoms with E-state index in [2.05, 4.69) is 138 Å². The fourth-order valence-electron chi connectivity index (χ4n) is 6.51. The minimum Gasteiger partial charge on any atom is -0.265 e. The van der Waals surface area contributed by atoms with Crippen LogP contribution in [0.2, 0.25) is 0 Å². The van der Waals surface area contributed by atoms with Crippen molar-refractivity contribution in [3.05, 3.63) is 176 Å². The van der Waals surface area contributed by atoms with Crippen molar-refractivity contribution in [2.45, 2.75) is 0 Å². The largest absolute Gasteiger partial charge is 0.265 e. The van der Waals surface area contributed by atoms with Gasteiger partial charge < -0.3 is 0 Å². The van der Waals surface area contributed by atoms with Crippen molar-refractivity contribution in [1.29, 1.82) is 0 Å². The second-order valence-corrected chi connectivity index (χ2v) is 13.2. The van der Waals surface area contributed by atoms with Gasteiger partial charge in [0.25, 0.3) is 0 Å². The fourth-order valence-corrected chi connectivity index (χ4v) is 7.59. The molecule has 0 spiro atoms. The molecule has 6 aromatic carbocycles. The molecular formula is C45H29N3S. The van der Waals surface area contributed by atoms with Crippen molar-refractivity contribution in [2.24, 2.45) is 0 Å². The molecule has 9 aromatic rings. The molecule has 0 aliphatic rings. The van der Waals surface area contributed by atoms with E-state index in [0.717, 1.165) is 44.8 Å². The van der Waals surface area contributed by atoms with E-state index in [-0.39, 0.29) is 0 Å². The summed E-state index contributed by atoms with van der Waals surface area (Å²) in [7, 11) is 0. The number of thiophene rings is 1. The van der Waals surface area contributed by atoms with Gasteiger partial charge in [-0.05, 0) is 94.0 Å². The second-order valence-electron chi connectivity index (χ2n) is 12.1. The Balaban J connectivity index is 1.27. The van der Waals surface area contributed by atoms with Crippen molar-refractivity contribution >= 4 is 31.5 Å². The maximum atomic E-state index is 5.19. The number of rotatable bonds is 6. The van der Waals surface area contributed by atoms with Gasteiger partial charge in [0.15, 0.2) is 5.82 Å². The van der Waals surface area contributed by atoms with Gasteiger partial charge in [-0.2, -0.15) is 0 Å². The van der Waals surface area contributed by atoms with E-state index in [1.165, 1.54) is 36.9 Å². The number of pyridine rings is 1. The molecule has 9 rings (SSSR count). The molecule has 0 fully saturated rings. The number of hydrogen-bond acceptors (Lipinski definition) is 4. The summed E-state index contributed by atoms with van der Waals surface area (Å²) in [5, 5.41) is 2.58. The van der Waals surface area contributed by atoms with Crippen LogP contribution in [0.4, 0.5) is 0 Å². The zero-order valence-electron chi connectivity index (χ0n) is 26.5. The van der Waals surface area contributed by atoms with Crippen LogP contribution in [0.5, 0.6) is 0 Å². The van der Waals surface area contributed by atoms with Crippen molar-refractivity contribution < 1.29 is 0 Å². The molecule has 0 atom stereocenters. The normalized spacial score (nSPS) is 11.3. The zero-order valence-corrected chi connectivity index (χ0v) is 27.3. The first kappa shape index (κ1) is 29.0. The summed E-state index contributed by atoms with van der Waals surface area (Å²) < 4.78 is 2.60. The smallest absolute Gasteiger partial charge is 0.160 e. The van der Waals surface area contributed by atoms with Crippen LogP contribution >= 0.6 is 11.3 Å². The van der Waals surface area contributed by atoms with E-state index >= 15 is 0 Å². The molecule has 3 aromatic heterocycles. The van der Waals surface area contributed by atoms with Gasteiger partial charge >= 0.3 is 0 Å². The van der Waals surface area contributed by atoms with E-state index in [1.807, 2.05) is 54.1 Å². The topological polar surface area (TPSA) is 38.7 Å². The van der Waals surface area contributed by atoms with Crippen molar-refractivity contribution in [3.8, 4) is 67.3 Å². The van der Waals surface area contributed by atoms with Crippen LogP contribution in [0.3, 0.4) is 0 Å². The highest BCUT2D eigenvalue weighted by molar-refractivity contribution is 7.25. The Morgan fingerprint density at radius 2 is 0.878 bits per heavy atom. The van der Waals surface area contributed by atoms with Crippen molar-refractivity contribution in [2.75, 3.05) is 0 Å². The van der Waals surface area contributed by atoms with E-state index in [1.54, 1.807) is 0 Å². The summed E-state index contributed by atoms with van der Waals surface area (Å²) >= 11 is 1.84. The molecular weight excluding hydrogens is 615 g/mol. The van der Waals surface area contributed by atoms with E-state index < -0.39 is 0 Å². The number of nitrogens with zero attached hydrogens (tertiary/aromatic N) is 3. The first-order valence-electron chi connectivity index (χ1n) is 16.3. The Morgan fingerprint density at radius 3 is 1.63 bits per heavy atom. The van der Waals surface area contributed by atoms with Gasteiger partial charge in [0.1, 0.15) is 0 Å². The molecule has 49 heavy (non-hydrogen) atoms. The van der Waals surface area contributed by atoms with Crippen LogP contribution in [0.25, 0.3) is 87.5 Å².